The average molecular weight is 484 g/mol. The molecule has 0 spiro atoms. The number of nitrogens with one attached hydrogen (secondary N) is 2. The van der Waals surface area contributed by atoms with Crippen molar-refractivity contribution in [3.63, 3.8) is 0 Å². The second kappa shape index (κ2) is 10.1. The van der Waals surface area contributed by atoms with Crippen molar-refractivity contribution in [2.75, 3.05) is 13.2 Å². The number of carbonyl (C=O) groups excluding carboxylic acids is 1. The van der Waals surface area contributed by atoms with Gasteiger partial charge >= 0.3 is 6.01 Å². The van der Waals surface area contributed by atoms with Gasteiger partial charge in [0.1, 0.15) is 5.82 Å². The number of amides is 1. The number of hydrogen-bond acceptors (Lipinski definition) is 7. The molecule has 0 atom stereocenters. The van der Waals surface area contributed by atoms with E-state index in [9.17, 15) is 9.18 Å². The highest BCUT2D eigenvalue weighted by Crippen LogP contribution is 2.35. The Morgan fingerprint density at radius 1 is 1.14 bits per heavy atom. The van der Waals surface area contributed by atoms with Gasteiger partial charge in [0, 0.05) is 17.8 Å². The van der Waals surface area contributed by atoms with Crippen LogP contribution in [-0.2, 0) is 14.3 Å². The first-order valence-corrected chi connectivity index (χ1v) is 11.5. The molecule has 0 bridgehead atoms. The van der Waals surface area contributed by atoms with Crippen molar-refractivity contribution >= 4 is 5.91 Å². The Morgan fingerprint density at radius 3 is 2.46 bits per heavy atom. The maximum atomic E-state index is 13.6. The molecule has 10 heteroatoms. The molecule has 1 aliphatic rings. The largest absolute Gasteiger partial charge is 0.461 e. The van der Waals surface area contributed by atoms with E-state index in [1.807, 2.05) is 27.7 Å². The van der Waals surface area contributed by atoms with Crippen LogP contribution in [0.1, 0.15) is 46.7 Å². The minimum absolute atomic E-state index is 0.0142. The Hall–Kier alpha value is -3.37. The SMILES string of the molecule is CC(C)NC(=O)C1(C)COC(c2nc(-c3ccc(F)cc3)c(-c3ccnc(OC(C)C)n3)[nH]2)OC1. The van der Waals surface area contributed by atoms with Crippen molar-refractivity contribution < 1.29 is 23.4 Å². The molecule has 0 saturated carbocycles. The predicted octanol–water partition coefficient (Wildman–Crippen LogP) is 4.04. The molecule has 9 nitrogen and oxygen atoms in total. The van der Waals surface area contributed by atoms with Crippen molar-refractivity contribution in [1.82, 2.24) is 25.3 Å². The normalized spacial score (nSPS) is 20.3. The highest BCUT2D eigenvalue weighted by molar-refractivity contribution is 5.83. The Bertz CT molecular complexity index is 1170. The van der Waals surface area contributed by atoms with Crippen LogP contribution in [0, 0.1) is 11.2 Å². The number of hydrogen-bond donors (Lipinski definition) is 2. The Labute approximate surface area is 203 Å². The number of aromatic nitrogens is 4. The van der Waals surface area contributed by atoms with E-state index in [-0.39, 0.29) is 43.1 Å². The molecule has 4 rings (SSSR count). The maximum absolute atomic E-state index is 13.6. The lowest BCUT2D eigenvalue weighted by Gasteiger charge is -2.35. The monoisotopic (exact) mass is 483 g/mol. The molecule has 1 aromatic carbocycles. The fraction of sp³-hybridized carbons (Fsp3) is 0.440. The molecule has 1 fully saturated rings. The molecule has 1 amide bonds. The van der Waals surface area contributed by atoms with Gasteiger partial charge in [-0.2, -0.15) is 4.98 Å². The molecule has 0 aliphatic carbocycles. The average Bonchev–Trinajstić information content (AvgIpc) is 3.25. The molecular weight excluding hydrogens is 453 g/mol. The van der Waals surface area contributed by atoms with Crippen LogP contribution in [0.2, 0.25) is 0 Å². The molecule has 186 valence electrons. The highest BCUT2D eigenvalue weighted by atomic mass is 19.1. The van der Waals surface area contributed by atoms with Crippen molar-refractivity contribution in [3.05, 3.63) is 48.2 Å². The topological polar surface area (TPSA) is 111 Å². The highest BCUT2D eigenvalue weighted by Gasteiger charge is 2.41. The number of H-pyrrole nitrogens is 1. The van der Waals surface area contributed by atoms with Crippen LogP contribution in [0.15, 0.2) is 36.5 Å². The smallest absolute Gasteiger partial charge is 0.317 e. The molecule has 3 aromatic rings. The fourth-order valence-corrected chi connectivity index (χ4v) is 3.59. The Kier molecular flexibility index (Phi) is 7.13. The van der Waals surface area contributed by atoms with Gasteiger partial charge in [0.2, 0.25) is 12.2 Å². The van der Waals surface area contributed by atoms with Gasteiger partial charge in [0.05, 0.1) is 41.8 Å². The van der Waals surface area contributed by atoms with Crippen molar-refractivity contribution in [1.29, 1.82) is 0 Å². The van der Waals surface area contributed by atoms with Gasteiger partial charge < -0.3 is 24.5 Å². The van der Waals surface area contributed by atoms with Crippen LogP contribution >= 0.6 is 0 Å². The number of rotatable bonds is 7. The molecular formula is C25H30FN5O4. The summed E-state index contributed by atoms with van der Waals surface area (Å²) < 4.78 is 31.1. The first kappa shape index (κ1) is 24.7. The Morgan fingerprint density at radius 2 is 1.83 bits per heavy atom. The Balaban J connectivity index is 1.65. The maximum Gasteiger partial charge on any atom is 0.317 e. The molecule has 2 N–H and O–H groups in total. The van der Waals surface area contributed by atoms with E-state index in [1.54, 1.807) is 31.3 Å². The fourth-order valence-electron chi connectivity index (χ4n) is 3.59. The first-order chi connectivity index (χ1) is 16.6. The standard InChI is InChI=1S/C25H30FN5O4/c1-14(2)28-23(32)25(5)12-33-22(34-13-25)21-30-19(16-6-8-17(26)9-7-16)20(31-21)18-10-11-27-24(29-18)35-15(3)4/h6-11,14-15,22H,12-13H2,1-5H3,(H,28,32)(H,30,31). The zero-order valence-electron chi connectivity index (χ0n) is 20.5. The number of imidazole rings is 1. The molecule has 0 radical (unpaired) electrons. The second-order valence-corrected chi connectivity index (χ2v) is 9.39. The predicted molar refractivity (Wildman–Crippen MR) is 127 cm³/mol. The van der Waals surface area contributed by atoms with E-state index in [0.717, 1.165) is 0 Å². The number of halogens is 1. The molecule has 1 saturated heterocycles. The summed E-state index contributed by atoms with van der Waals surface area (Å²) in [6, 6.07) is 7.99. The van der Waals surface area contributed by atoms with Crippen molar-refractivity contribution in [3.8, 4) is 28.7 Å². The van der Waals surface area contributed by atoms with Crippen LogP contribution in [0.25, 0.3) is 22.6 Å². The minimum atomic E-state index is -0.814. The number of benzene rings is 1. The van der Waals surface area contributed by atoms with Gasteiger partial charge in [0.15, 0.2) is 5.82 Å². The third-order valence-corrected chi connectivity index (χ3v) is 5.37. The summed E-state index contributed by atoms with van der Waals surface area (Å²) in [5.74, 6) is -0.0639. The summed E-state index contributed by atoms with van der Waals surface area (Å²) in [5.41, 5.74) is 1.55. The zero-order chi connectivity index (χ0) is 25.2. The molecule has 35 heavy (non-hydrogen) atoms. The lowest BCUT2D eigenvalue weighted by Crippen LogP contribution is -2.50. The van der Waals surface area contributed by atoms with E-state index in [4.69, 9.17) is 19.2 Å². The van der Waals surface area contributed by atoms with Crippen LogP contribution in [-0.4, -0.2) is 51.2 Å². The van der Waals surface area contributed by atoms with E-state index < -0.39 is 11.7 Å². The summed E-state index contributed by atoms with van der Waals surface area (Å²) in [7, 11) is 0. The lowest BCUT2D eigenvalue weighted by atomic mass is 9.90. The van der Waals surface area contributed by atoms with Gasteiger partial charge in [-0.05, 0) is 65.0 Å². The number of aromatic amines is 1. The van der Waals surface area contributed by atoms with E-state index in [1.165, 1.54) is 12.1 Å². The molecule has 1 aliphatic heterocycles. The van der Waals surface area contributed by atoms with Gasteiger partial charge in [-0.3, -0.25) is 4.79 Å². The summed E-state index contributed by atoms with van der Waals surface area (Å²) in [4.78, 5) is 29.2. The van der Waals surface area contributed by atoms with Crippen LogP contribution in [0.3, 0.4) is 0 Å². The van der Waals surface area contributed by atoms with E-state index in [2.05, 4.69) is 20.3 Å². The lowest BCUT2D eigenvalue weighted by molar-refractivity contribution is -0.231. The van der Waals surface area contributed by atoms with Crippen LogP contribution < -0.4 is 10.1 Å². The minimum Gasteiger partial charge on any atom is -0.461 e. The zero-order valence-corrected chi connectivity index (χ0v) is 20.5. The van der Waals surface area contributed by atoms with Crippen LogP contribution in [0.5, 0.6) is 6.01 Å². The second-order valence-electron chi connectivity index (χ2n) is 9.39. The summed E-state index contributed by atoms with van der Waals surface area (Å²) in [5, 5.41) is 2.91. The summed E-state index contributed by atoms with van der Waals surface area (Å²) in [6.45, 7) is 9.72. The van der Waals surface area contributed by atoms with Gasteiger partial charge in [-0.1, -0.05) is 0 Å². The van der Waals surface area contributed by atoms with Gasteiger partial charge in [0.25, 0.3) is 0 Å². The van der Waals surface area contributed by atoms with Crippen LogP contribution in [0.4, 0.5) is 4.39 Å². The third-order valence-electron chi connectivity index (χ3n) is 5.37. The molecule has 2 aromatic heterocycles. The summed E-state index contributed by atoms with van der Waals surface area (Å²) in [6.07, 6.45) is 0.697. The first-order valence-electron chi connectivity index (χ1n) is 11.5. The van der Waals surface area contributed by atoms with Crippen molar-refractivity contribution in [2.24, 2.45) is 5.41 Å². The number of carbonyl (C=O) groups is 1. The molecule has 0 unspecified atom stereocenters. The number of nitrogens with zero attached hydrogens (tertiary/aromatic N) is 3. The van der Waals surface area contributed by atoms with E-state index >= 15 is 0 Å². The van der Waals surface area contributed by atoms with Crippen molar-refractivity contribution in [2.45, 2.75) is 53.1 Å². The number of ether oxygens (including phenoxy) is 3. The van der Waals surface area contributed by atoms with Gasteiger partial charge in [-0.25, -0.2) is 14.4 Å². The third kappa shape index (κ3) is 5.66. The summed E-state index contributed by atoms with van der Waals surface area (Å²) >= 11 is 0. The quantitative estimate of drug-likeness (QED) is 0.522. The van der Waals surface area contributed by atoms with E-state index in [0.29, 0.717) is 28.5 Å². The van der Waals surface area contributed by atoms with Gasteiger partial charge in [-0.15, -0.1) is 0 Å². The molecule has 3 heterocycles.